The molecule has 3 heterocycles. The molecule has 2 bridgehead atoms. The van der Waals surface area contributed by atoms with Crippen LogP contribution in [0, 0.1) is 11.8 Å². The number of urea groups is 1. The Labute approximate surface area is 112 Å². The van der Waals surface area contributed by atoms with E-state index in [1.807, 2.05) is 4.90 Å². The van der Waals surface area contributed by atoms with Gasteiger partial charge in [0.25, 0.3) is 0 Å². The summed E-state index contributed by atoms with van der Waals surface area (Å²) >= 11 is 0. The van der Waals surface area contributed by atoms with Crippen molar-refractivity contribution in [2.75, 3.05) is 26.2 Å². The minimum atomic E-state index is -0.776. The van der Waals surface area contributed by atoms with Gasteiger partial charge in [0, 0.05) is 32.1 Å². The fourth-order valence-electron chi connectivity index (χ4n) is 3.16. The van der Waals surface area contributed by atoms with E-state index in [2.05, 4.69) is 0 Å². The van der Waals surface area contributed by atoms with Crippen molar-refractivity contribution in [3.63, 3.8) is 0 Å². The molecule has 0 aliphatic carbocycles. The number of aliphatic carboxylic acids is 1. The first-order valence-electron chi connectivity index (χ1n) is 6.96. The highest BCUT2D eigenvalue weighted by Gasteiger charge is 2.42. The molecule has 6 nitrogen and oxygen atoms in total. The first-order valence-corrected chi connectivity index (χ1v) is 6.96. The fourth-order valence-corrected chi connectivity index (χ4v) is 3.16. The molecular weight excluding hydrogens is 248 g/mol. The molecule has 6 heteroatoms. The molecule has 3 aliphatic rings. The molecule has 2 amide bonds. The largest absolute Gasteiger partial charge is 0.481 e. The van der Waals surface area contributed by atoms with E-state index in [9.17, 15) is 9.59 Å². The number of rotatable bonds is 2. The number of carbonyl (C=O) groups excluding carboxylic acids is 1. The Balaban J connectivity index is 1.51. The van der Waals surface area contributed by atoms with Crippen LogP contribution in [-0.4, -0.2) is 65.3 Å². The molecule has 0 aromatic carbocycles. The van der Waals surface area contributed by atoms with E-state index in [0.717, 1.165) is 12.8 Å². The van der Waals surface area contributed by atoms with Crippen molar-refractivity contribution in [3.8, 4) is 0 Å². The Kier molecular flexibility index (Phi) is 3.12. The summed E-state index contributed by atoms with van der Waals surface area (Å²) in [5.41, 5.74) is 0. The average Bonchev–Trinajstić information content (AvgIpc) is 2.65. The highest BCUT2D eigenvalue weighted by molar-refractivity contribution is 5.76. The number of ether oxygens (including phenoxy) is 1. The van der Waals surface area contributed by atoms with Gasteiger partial charge in [-0.05, 0) is 12.8 Å². The van der Waals surface area contributed by atoms with Gasteiger partial charge in [-0.15, -0.1) is 0 Å². The summed E-state index contributed by atoms with van der Waals surface area (Å²) in [6.45, 7) is 4.22. The molecule has 3 unspecified atom stereocenters. The molecule has 3 atom stereocenters. The zero-order chi connectivity index (χ0) is 13.6. The highest BCUT2D eigenvalue weighted by atomic mass is 16.5. The normalized spacial score (nSPS) is 32.1. The maximum Gasteiger partial charge on any atom is 0.320 e. The lowest BCUT2D eigenvalue weighted by Gasteiger charge is -2.44. The van der Waals surface area contributed by atoms with Crippen LogP contribution in [0.2, 0.25) is 0 Å². The Bertz CT molecular complexity index is 382. The van der Waals surface area contributed by atoms with E-state index < -0.39 is 5.97 Å². The monoisotopic (exact) mass is 268 g/mol. The summed E-state index contributed by atoms with van der Waals surface area (Å²) in [4.78, 5) is 26.8. The van der Waals surface area contributed by atoms with Gasteiger partial charge in [-0.25, -0.2) is 4.79 Å². The van der Waals surface area contributed by atoms with Crippen molar-refractivity contribution in [1.82, 2.24) is 9.80 Å². The number of fused-ring (bicyclic) bond motifs is 2. The van der Waals surface area contributed by atoms with E-state index in [0.29, 0.717) is 26.2 Å². The van der Waals surface area contributed by atoms with Gasteiger partial charge in [-0.2, -0.15) is 0 Å². The number of hydrogen-bond acceptors (Lipinski definition) is 3. The zero-order valence-electron chi connectivity index (χ0n) is 11.1. The topological polar surface area (TPSA) is 70.1 Å². The van der Waals surface area contributed by atoms with Crippen LogP contribution in [0.3, 0.4) is 0 Å². The number of amides is 2. The first kappa shape index (κ1) is 12.7. The van der Waals surface area contributed by atoms with Crippen molar-refractivity contribution in [2.45, 2.75) is 32.0 Å². The summed E-state index contributed by atoms with van der Waals surface area (Å²) < 4.78 is 5.71. The number of hydrogen-bond donors (Lipinski definition) is 1. The highest BCUT2D eigenvalue weighted by Crippen LogP contribution is 2.29. The predicted octanol–water partition coefficient (Wildman–Crippen LogP) is 0.622. The smallest absolute Gasteiger partial charge is 0.320 e. The third kappa shape index (κ3) is 2.29. The maximum absolute atomic E-state index is 12.3. The van der Waals surface area contributed by atoms with E-state index in [1.54, 1.807) is 11.8 Å². The number of morpholine rings is 1. The Morgan fingerprint density at radius 3 is 2.16 bits per heavy atom. The van der Waals surface area contributed by atoms with Crippen LogP contribution in [-0.2, 0) is 9.53 Å². The second-order valence-electron chi connectivity index (χ2n) is 5.94. The van der Waals surface area contributed by atoms with Gasteiger partial charge in [-0.3, -0.25) is 4.79 Å². The third-order valence-corrected chi connectivity index (χ3v) is 4.59. The van der Waals surface area contributed by atoms with Gasteiger partial charge < -0.3 is 19.6 Å². The van der Waals surface area contributed by atoms with Crippen LogP contribution in [0.5, 0.6) is 0 Å². The van der Waals surface area contributed by atoms with E-state index >= 15 is 0 Å². The second-order valence-corrected chi connectivity index (χ2v) is 5.94. The van der Waals surface area contributed by atoms with Crippen LogP contribution in [0.1, 0.15) is 19.8 Å². The SMILES string of the molecule is CC(C(=O)O)C1CN(C(=O)N2CC3CCC(C2)O3)C1. The van der Waals surface area contributed by atoms with Gasteiger partial charge in [-0.1, -0.05) is 6.92 Å². The zero-order valence-corrected chi connectivity index (χ0v) is 11.1. The molecule has 3 fully saturated rings. The summed E-state index contributed by atoms with van der Waals surface area (Å²) in [5, 5.41) is 8.94. The van der Waals surface area contributed by atoms with Crippen molar-refractivity contribution >= 4 is 12.0 Å². The van der Waals surface area contributed by atoms with Gasteiger partial charge in [0.1, 0.15) is 0 Å². The molecule has 3 rings (SSSR count). The molecule has 0 spiro atoms. The molecule has 0 radical (unpaired) electrons. The van der Waals surface area contributed by atoms with E-state index in [4.69, 9.17) is 9.84 Å². The quantitative estimate of drug-likeness (QED) is 0.797. The maximum atomic E-state index is 12.3. The molecule has 0 aromatic heterocycles. The van der Waals surface area contributed by atoms with Crippen LogP contribution in [0.25, 0.3) is 0 Å². The molecule has 0 saturated carbocycles. The summed E-state index contributed by atoms with van der Waals surface area (Å²) in [5.74, 6) is -1.05. The van der Waals surface area contributed by atoms with Crippen molar-refractivity contribution < 1.29 is 19.4 Å². The van der Waals surface area contributed by atoms with Crippen molar-refractivity contribution in [2.24, 2.45) is 11.8 Å². The van der Waals surface area contributed by atoms with E-state index in [1.165, 1.54) is 0 Å². The van der Waals surface area contributed by atoms with Crippen molar-refractivity contribution in [1.29, 1.82) is 0 Å². The number of nitrogens with zero attached hydrogens (tertiary/aromatic N) is 2. The van der Waals surface area contributed by atoms with Gasteiger partial charge in [0.05, 0.1) is 18.1 Å². The Morgan fingerprint density at radius 1 is 1.11 bits per heavy atom. The fraction of sp³-hybridized carbons (Fsp3) is 0.846. The minimum absolute atomic E-state index is 0.0500. The molecule has 3 saturated heterocycles. The van der Waals surface area contributed by atoms with Gasteiger partial charge in [0.2, 0.25) is 0 Å². The van der Waals surface area contributed by atoms with Crippen LogP contribution >= 0.6 is 0 Å². The van der Waals surface area contributed by atoms with Crippen LogP contribution in [0.15, 0.2) is 0 Å². The molecular formula is C13H20N2O4. The summed E-state index contributed by atoms with van der Waals surface area (Å²) in [7, 11) is 0. The number of carboxylic acid groups (broad SMARTS) is 1. The Hall–Kier alpha value is -1.30. The molecule has 106 valence electrons. The third-order valence-electron chi connectivity index (χ3n) is 4.59. The molecule has 1 N–H and O–H groups in total. The second kappa shape index (κ2) is 4.67. The number of likely N-dealkylation sites (tertiary alicyclic amines) is 2. The molecule has 3 aliphatic heterocycles. The lowest BCUT2D eigenvalue weighted by molar-refractivity contribution is -0.145. The lowest BCUT2D eigenvalue weighted by Crippen LogP contribution is -2.59. The summed E-state index contributed by atoms with van der Waals surface area (Å²) in [6.07, 6.45) is 2.51. The number of carbonyl (C=O) groups is 2. The van der Waals surface area contributed by atoms with E-state index in [-0.39, 0.29) is 30.1 Å². The average molecular weight is 268 g/mol. The van der Waals surface area contributed by atoms with Crippen LogP contribution < -0.4 is 0 Å². The van der Waals surface area contributed by atoms with Gasteiger partial charge in [0.15, 0.2) is 0 Å². The van der Waals surface area contributed by atoms with Crippen molar-refractivity contribution in [3.05, 3.63) is 0 Å². The lowest BCUT2D eigenvalue weighted by atomic mass is 9.87. The first-order chi connectivity index (χ1) is 9.04. The standard InChI is InChI=1S/C13H20N2O4/c1-8(12(16)17)9-4-14(5-9)13(18)15-6-10-2-3-11(7-15)19-10/h8-11H,2-7H2,1H3,(H,16,17). The van der Waals surface area contributed by atoms with Crippen LogP contribution in [0.4, 0.5) is 4.79 Å². The number of carboxylic acids is 1. The Morgan fingerprint density at radius 2 is 1.63 bits per heavy atom. The molecule has 0 aromatic rings. The summed E-state index contributed by atoms with van der Waals surface area (Å²) in [6, 6.07) is 0.0500. The predicted molar refractivity (Wildman–Crippen MR) is 66.7 cm³/mol. The minimum Gasteiger partial charge on any atom is -0.481 e. The van der Waals surface area contributed by atoms with Gasteiger partial charge >= 0.3 is 12.0 Å². The molecule has 19 heavy (non-hydrogen) atoms.